The summed E-state index contributed by atoms with van der Waals surface area (Å²) in [5.41, 5.74) is 4.56. The zero-order valence-corrected chi connectivity index (χ0v) is 30.8. The largest absolute Gasteiger partial charge is 0.416 e. The number of para-hydroxylation sites is 1. The van der Waals surface area contributed by atoms with Crippen LogP contribution in [0.1, 0.15) is 62.3 Å². The molecular weight excluding hydrogens is 681 g/mol. The van der Waals surface area contributed by atoms with Crippen molar-refractivity contribution in [3.8, 4) is 11.1 Å². The van der Waals surface area contributed by atoms with Gasteiger partial charge in [-0.1, -0.05) is 93.7 Å². The number of benzene rings is 4. The van der Waals surface area contributed by atoms with Crippen molar-refractivity contribution in [1.29, 1.82) is 0 Å². The minimum atomic E-state index is -4.41. The molecule has 0 aliphatic carbocycles. The van der Waals surface area contributed by atoms with E-state index >= 15 is 0 Å². The molecule has 0 spiro atoms. The van der Waals surface area contributed by atoms with Crippen LogP contribution in [-0.2, 0) is 23.9 Å². The molecule has 1 fully saturated rings. The first kappa shape index (κ1) is 39.4. The summed E-state index contributed by atoms with van der Waals surface area (Å²) in [4.78, 5) is 20.8. The molecule has 9 heteroatoms. The van der Waals surface area contributed by atoms with Gasteiger partial charge in [0.2, 0.25) is 5.91 Å². The molecule has 5 rings (SSSR count). The van der Waals surface area contributed by atoms with Crippen LogP contribution in [0.2, 0.25) is 0 Å². The Bertz CT molecular complexity index is 1890. The molecule has 1 amide bonds. The van der Waals surface area contributed by atoms with E-state index in [9.17, 15) is 26.7 Å². The second kappa shape index (κ2) is 16.9. The fourth-order valence-electron chi connectivity index (χ4n) is 7.05. The van der Waals surface area contributed by atoms with E-state index in [-0.39, 0.29) is 36.3 Å². The monoisotopic (exact) mass is 729 g/mol. The van der Waals surface area contributed by atoms with Crippen molar-refractivity contribution in [3.63, 3.8) is 0 Å². The molecule has 4 nitrogen and oxygen atoms in total. The Kier molecular flexibility index (Phi) is 12.6. The van der Waals surface area contributed by atoms with E-state index in [1.807, 2.05) is 65.3 Å². The fraction of sp³-hybridized carbons (Fsp3) is 0.341. The second-order valence-corrected chi connectivity index (χ2v) is 14.8. The van der Waals surface area contributed by atoms with Gasteiger partial charge >= 0.3 is 6.18 Å². The lowest BCUT2D eigenvalue weighted by Crippen LogP contribution is -2.46. The summed E-state index contributed by atoms with van der Waals surface area (Å²) in [6, 6.07) is 24.3. The molecule has 0 aromatic heterocycles. The van der Waals surface area contributed by atoms with E-state index in [1.165, 1.54) is 18.2 Å². The van der Waals surface area contributed by atoms with Crippen molar-refractivity contribution in [3.05, 3.63) is 144 Å². The summed E-state index contributed by atoms with van der Waals surface area (Å²) < 4.78 is 68.0. The van der Waals surface area contributed by atoms with Crippen molar-refractivity contribution >= 4 is 17.2 Å². The van der Waals surface area contributed by atoms with Gasteiger partial charge in [-0.05, 0) is 103 Å². The van der Waals surface area contributed by atoms with Crippen LogP contribution in [0.15, 0.2) is 110 Å². The standard InChI is InChI=1S/C44H48F5N3O/c1-31(2)38-12-6-7-14-40(38)52(32(3)15-18-36-11-10-13-39(45)42(36)46)28-41(53)51(30-43(4,5)29-50-25-8-9-26-50)27-33-16-19-34(20-17-33)35-21-23-37(24-22-35)44(47,48)49/h6-7,10-14,16-17,19-24H,1,3,8-9,15,18,25-30H2,2,4-5H3. The van der Waals surface area contributed by atoms with E-state index in [1.54, 1.807) is 6.07 Å². The maximum atomic E-state index is 14.6. The second-order valence-electron chi connectivity index (χ2n) is 14.8. The van der Waals surface area contributed by atoms with Gasteiger partial charge in [0.15, 0.2) is 11.6 Å². The Morgan fingerprint density at radius 3 is 2.08 bits per heavy atom. The molecule has 1 saturated heterocycles. The summed E-state index contributed by atoms with van der Waals surface area (Å²) in [5.74, 6) is -1.94. The third kappa shape index (κ3) is 10.4. The van der Waals surface area contributed by atoms with E-state index < -0.39 is 23.4 Å². The van der Waals surface area contributed by atoms with E-state index in [0.29, 0.717) is 24.4 Å². The molecule has 0 bridgehead atoms. The highest BCUT2D eigenvalue weighted by Gasteiger charge is 2.31. The normalized spacial score (nSPS) is 13.6. The van der Waals surface area contributed by atoms with Crippen LogP contribution in [0.25, 0.3) is 16.7 Å². The number of rotatable bonds is 15. The molecule has 1 heterocycles. The van der Waals surface area contributed by atoms with Gasteiger partial charge in [-0.3, -0.25) is 4.79 Å². The van der Waals surface area contributed by atoms with Crippen LogP contribution in [0, 0.1) is 17.0 Å². The highest BCUT2D eigenvalue weighted by molar-refractivity contribution is 5.85. The topological polar surface area (TPSA) is 26.8 Å². The summed E-state index contributed by atoms with van der Waals surface area (Å²) in [7, 11) is 0. The quantitative estimate of drug-likeness (QED) is 0.114. The maximum absolute atomic E-state index is 14.6. The van der Waals surface area contributed by atoms with Gasteiger partial charge < -0.3 is 14.7 Å². The molecule has 0 saturated carbocycles. The number of hydrogen-bond donors (Lipinski definition) is 0. The fourth-order valence-corrected chi connectivity index (χ4v) is 7.05. The highest BCUT2D eigenvalue weighted by atomic mass is 19.4. The van der Waals surface area contributed by atoms with E-state index in [0.717, 1.165) is 78.6 Å². The van der Waals surface area contributed by atoms with Gasteiger partial charge in [-0.2, -0.15) is 13.2 Å². The zero-order chi connectivity index (χ0) is 38.3. The Labute approximate surface area is 310 Å². The number of carbonyl (C=O) groups is 1. The van der Waals surface area contributed by atoms with Crippen LogP contribution >= 0.6 is 0 Å². The number of likely N-dealkylation sites (tertiary alicyclic amines) is 1. The molecule has 0 radical (unpaired) electrons. The minimum absolute atomic E-state index is 0.0435. The van der Waals surface area contributed by atoms with Crippen LogP contribution in [0.3, 0.4) is 0 Å². The number of halogens is 5. The van der Waals surface area contributed by atoms with Crippen molar-refractivity contribution in [2.24, 2.45) is 5.41 Å². The highest BCUT2D eigenvalue weighted by Crippen LogP contribution is 2.33. The van der Waals surface area contributed by atoms with Crippen LogP contribution in [-0.4, -0.2) is 48.4 Å². The zero-order valence-electron chi connectivity index (χ0n) is 30.8. The Balaban J connectivity index is 1.42. The molecule has 53 heavy (non-hydrogen) atoms. The third-order valence-corrected chi connectivity index (χ3v) is 9.74. The van der Waals surface area contributed by atoms with Gasteiger partial charge in [-0.25, -0.2) is 8.78 Å². The molecule has 4 aromatic carbocycles. The van der Waals surface area contributed by atoms with Gasteiger partial charge in [-0.15, -0.1) is 0 Å². The lowest BCUT2D eigenvalue weighted by Gasteiger charge is -2.37. The van der Waals surface area contributed by atoms with Crippen LogP contribution in [0.4, 0.5) is 27.6 Å². The summed E-state index contributed by atoms with van der Waals surface area (Å²) in [6.45, 7) is 18.3. The van der Waals surface area contributed by atoms with Gasteiger partial charge in [0, 0.05) is 36.6 Å². The number of hydrogen-bond acceptors (Lipinski definition) is 3. The summed E-state index contributed by atoms with van der Waals surface area (Å²) in [5, 5.41) is 0. The Hall–Kier alpha value is -4.76. The summed E-state index contributed by atoms with van der Waals surface area (Å²) >= 11 is 0. The molecule has 0 atom stereocenters. The first-order chi connectivity index (χ1) is 25.1. The summed E-state index contributed by atoms with van der Waals surface area (Å²) in [6.07, 6.45) is -1.62. The molecular formula is C44H48F5N3O. The molecule has 1 aliphatic rings. The van der Waals surface area contributed by atoms with Crippen LogP contribution in [0.5, 0.6) is 0 Å². The van der Waals surface area contributed by atoms with E-state index in [4.69, 9.17) is 0 Å². The van der Waals surface area contributed by atoms with Crippen LogP contribution < -0.4 is 4.90 Å². The van der Waals surface area contributed by atoms with Crippen molar-refractivity contribution < 1.29 is 26.7 Å². The molecule has 0 unspecified atom stereocenters. The molecule has 0 N–H and O–H groups in total. The number of carbonyl (C=O) groups excluding carboxylic acids is 1. The number of nitrogens with zero attached hydrogens (tertiary/aromatic N) is 3. The van der Waals surface area contributed by atoms with Gasteiger partial charge in [0.25, 0.3) is 0 Å². The number of alkyl halides is 3. The smallest absolute Gasteiger partial charge is 0.336 e. The number of anilines is 1. The van der Waals surface area contributed by atoms with E-state index in [2.05, 4.69) is 31.9 Å². The average Bonchev–Trinajstić information content (AvgIpc) is 3.63. The first-order valence-electron chi connectivity index (χ1n) is 18.0. The molecule has 280 valence electrons. The molecule has 4 aromatic rings. The Morgan fingerprint density at radius 1 is 0.830 bits per heavy atom. The van der Waals surface area contributed by atoms with Crippen molar-refractivity contribution in [1.82, 2.24) is 9.80 Å². The van der Waals surface area contributed by atoms with Gasteiger partial charge in [0.05, 0.1) is 5.56 Å². The third-order valence-electron chi connectivity index (χ3n) is 9.74. The molecule has 1 aliphatic heterocycles. The Morgan fingerprint density at radius 2 is 1.45 bits per heavy atom. The SMILES string of the molecule is C=C(C)c1ccccc1N(CC(=O)N(Cc1ccc(-c2ccc(C(F)(F)F)cc2)cc1)CC(C)(C)CN1CCCC1)C(=C)CCc1cccc(F)c1F. The first-order valence-corrected chi connectivity index (χ1v) is 18.0. The number of allylic oxidation sites excluding steroid dienone is 2. The van der Waals surface area contributed by atoms with Crippen molar-refractivity contribution in [2.45, 2.75) is 59.2 Å². The van der Waals surface area contributed by atoms with Crippen molar-refractivity contribution in [2.75, 3.05) is 37.6 Å². The number of amides is 1. The lowest BCUT2D eigenvalue weighted by molar-refractivity contribution is -0.137. The van der Waals surface area contributed by atoms with Gasteiger partial charge in [0.1, 0.15) is 6.54 Å². The lowest BCUT2D eigenvalue weighted by atomic mass is 9.91. The minimum Gasteiger partial charge on any atom is -0.336 e. The predicted molar refractivity (Wildman–Crippen MR) is 204 cm³/mol. The average molecular weight is 730 g/mol. The number of aryl methyl sites for hydroxylation is 1. The predicted octanol–water partition coefficient (Wildman–Crippen LogP) is 10.8. The maximum Gasteiger partial charge on any atom is 0.416 e.